The van der Waals surface area contributed by atoms with E-state index in [1.54, 1.807) is 0 Å². The summed E-state index contributed by atoms with van der Waals surface area (Å²) >= 11 is 5.58. The van der Waals surface area contributed by atoms with Crippen molar-refractivity contribution >= 4 is 11.6 Å². The molecular weight excluding hydrogens is 283 g/mol. The second-order valence-corrected chi connectivity index (χ2v) is 4.23. The summed E-state index contributed by atoms with van der Waals surface area (Å²) in [5.74, 6) is 2.08. The van der Waals surface area contributed by atoms with Crippen LogP contribution in [0.2, 0.25) is 0 Å². The zero-order valence-corrected chi connectivity index (χ0v) is 12.5. The molecule has 2 heteroatoms. The second kappa shape index (κ2) is 12.6. The standard InChI is InChI=1S/C11H14Cl.C5H5.Fe/c1-10(6-4-5-9-12)11-7-2-3-8-11;1-2-4-5-3-1;/h2-3,6-8H,4-5,9H2,1H3;1-5H;/q;;+2/b10-6+;;. The van der Waals surface area contributed by atoms with E-state index in [2.05, 4.69) is 38.7 Å². The van der Waals surface area contributed by atoms with Gasteiger partial charge in [-0.1, -0.05) is 11.6 Å². The second-order valence-electron chi connectivity index (χ2n) is 3.85. The first-order chi connectivity index (χ1) is 8.34. The summed E-state index contributed by atoms with van der Waals surface area (Å²) in [4.78, 5) is 0. The van der Waals surface area contributed by atoms with Gasteiger partial charge >= 0.3 is 17.1 Å². The van der Waals surface area contributed by atoms with Gasteiger partial charge in [0.15, 0.2) is 0 Å². The Balaban J connectivity index is 0.000000405. The molecule has 0 unspecified atom stereocenters. The molecule has 0 aromatic carbocycles. The van der Waals surface area contributed by atoms with Crippen molar-refractivity contribution in [2.24, 2.45) is 0 Å². The number of rotatable bonds is 4. The summed E-state index contributed by atoms with van der Waals surface area (Å²) < 4.78 is 0. The smallest absolute Gasteiger partial charge is 0.127 e. The molecule has 0 spiro atoms. The third-order valence-corrected chi connectivity index (χ3v) is 2.73. The van der Waals surface area contributed by atoms with Gasteiger partial charge in [-0.2, -0.15) is 0 Å². The van der Waals surface area contributed by atoms with Crippen LogP contribution in [0.25, 0.3) is 0 Å². The molecule has 2 fully saturated rings. The molecule has 2 aliphatic carbocycles. The third-order valence-electron chi connectivity index (χ3n) is 2.46. The molecule has 0 N–H and O–H groups in total. The van der Waals surface area contributed by atoms with Gasteiger partial charge in [-0.3, -0.25) is 0 Å². The van der Waals surface area contributed by atoms with E-state index in [4.69, 9.17) is 11.6 Å². The Morgan fingerprint density at radius 2 is 1.50 bits per heavy atom. The van der Waals surface area contributed by atoms with E-state index in [0.717, 1.165) is 18.7 Å². The molecule has 2 saturated carbocycles. The minimum absolute atomic E-state index is 0. The normalized spacial score (nSPS) is 20.2. The minimum atomic E-state index is 0. The van der Waals surface area contributed by atoms with Crippen LogP contribution in [0, 0.1) is 63.7 Å². The van der Waals surface area contributed by atoms with E-state index in [0.29, 0.717) is 0 Å². The summed E-state index contributed by atoms with van der Waals surface area (Å²) in [6.07, 6.45) is 22.8. The molecule has 0 heterocycles. The van der Waals surface area contributed by atoms with Crippen LogP contribution in [0.4, 0.5) is 0 Å². The zero-order chi connectivity index (χ0) is 12.3. The Labute approximate surface area is 129 Å². The molecule has 2 rings (SSSR count). The number of hydrogen-bond acceptors (Lipinski definition) is 0. The summed E-state index contributed by atoms with van der Waals surface area (Å²) in [6, 6.07) is 0. The maximum absolute atomic E-state index is 5.58. The van der Waals surface area contributed by atoms with Gasteiger partial charge in [0.2, 0.25) is 0 Å². The van der Waals surface area contributed by atoms with E-state index < -0.39 is 0 Å². The van der Waals surface area contributed by atoms with Crippen molar-refractivity contribution in [1.29, 1.82) is 0 Å². The number of halogens is 1. The van der Waals surface area contributed by atoms with Crippen LogP contribution in [0.5, 0.6) is 0 Å². The number of hydrogen-bond donors (Lipinski definition) is 0. The molecule has 10 radical (unpaired) electrons. The summed E-state index contributed by atoms with van der Waals surface area (Å²) in [5, 5.41) is 0. The Hall–Kier alpha value is 0.549. The van der Waals surface area contributed by atoms with Crippen molar-refractivity contribution in [3.05, 3.63) is 75.4 Å². The summed E-state index contributed by atoms with van der Waals surface area (Å²) in [6.45, 7) is 2.14. The average molecular weight is 303 g/mol. The van der Waals surface area contributed by atoms with E-state index in [9.17, 15) is 0 Å². The predicted molar refractivity (Wildman–Crippen MR) is 75.7 cm³/mol. The van der Waals surface area contributed by atoms with Gasteiger partial charge in [0.1, 0.15) is 0 Å². The van der Waals surface area contributed by atoms with Crippen LogP contribution in [0.15, 0.2) is 11.6 Å². The maximum atomic E-state index is 5.58. The van der Waals surface area contributed by atoms with Crippen molar-refractivity contribution in [3.8, 4) is 0 Å². The van der Waals surface area contributed by atoms with Gasteiger partial charge in [0.05, 0.1) is 0 Å². The molecular formula is C16H19ClFe+2. The fraction of sp³-hybridized carbons (Fsp3) is 0.250. The van der Waals surface area contributed by atoms with Crippen LogP contribution < -0.4 is 0 Å². The Kier molecular flexibility index (Phi) is 13.0. The van der Waals surface area contributed by atoms with Crippen LogP contribution in [0.1, 0.15) is 19.8 Å². The predicted octanol–water partition coefficient (Wildman–Crippen LogP) is 4.38. The molecule has 0 aliphatic heterocycles. The Morgan fingerprint density at radius 1 is 1.00 bits per heavy atom. The first kappa shape index (κ1) is 18.5. The van der Waals surface area contributed by atoms with Gasteiger partial charge in [0, 0.05) is 11.8 Å². The van der Waals surface area contributed by atoms with Crippen molar-refractivity contribution in [1.82, 2.24) is 0 Å². The van der Waals surface area contributed by atoms with Crippen LogP contribution in [-0.4, -0.2) is 5.88 Å². The first-order valence-electron chi connectivity index (χ1n) is 5.96. The molecule has 0 atom stereocenters. The topological polar surface area (TPSA) is 0 Å². The molecule has 2 aliphatic rings. The largest absolute Gasteiger partial charge is 2.00 e. The Morgan fingerprint density at radius 3 is 1.94 bits per heavy atom. The van der Waals surface area contributed by atoms with E-state index in [1.165, 1.54) is 11.5 Å². The van der Waals surface area contributed by atoms with Gasteiger partial charge in [0.25, 0.3) is 0 Å². The molecule has 0 aromatic heterocycles. The molecule has 0 saturated heterocycles. The fourth-order valence-corrected chi connectivity index (χ4v) is 1.63. The first-order valence-corrected chi connectivity index (χ1v) is 6.49. The minimum Gasteiger partial charge on any atom is -0.127 e. The molecule has 96 valence electrons. The number of unbranched alkanes of at least 4 members (excludes halogenated alkanes) is 1. The summed E-state index contributed by atoms with van der Waals surface area (Å²) in [5.41, 5.74) is 1.35. The molecule has 18 heavy (non-hydrogen) atoms. The van der Waals surface area contributed by atoms with Gasteiger partial charge in [-0.15, -0.1) is 11.6 Å². The Bertz CT molecular complexity index is 196. The van der Waals surface area contributed by atoms with Crippen molar-refractivity contribution in [2.75, 3.05) is 5.88 Å². The quantitative estimate of drug-likeness (QED) is 0.411. The molecule has 0 nitrogen and oxygen atoms in total. The van der Waals surface area contributed by atoms with Crippen LogP contribution >= 0.6 is 11.6 Å². The third kappa shape index (κ3) is 8.62. The number of alkyl halides is 1. The van der Waals surface area contributed by atoms with Crippen molar-refractivity contribution < 1.29 is 17.1 Å². The van der Waals surface area contributed by atoms with Crippen molar-refractivity contribution in [3.63, 3.8) is 0 Å². The number of allylic oxidation sites excluding steroid dienone is 2. The molecule has 0 aromatic rings. The monoisotopic (exact) mass is 302 g/mol. The zero-order valence-electron chi connectivity index (χ0n) is 10.6. The van der Waals surface area contributed by atoms with Crippen LogP contribution in [-0.2, 0) is 17.1 Å². The average Bonchev–Trinajstić information content (AvgIpc) is 3.05. The molecule has 0 amide bonds. The van der Waals surface area contributed by atoms with E-state index >= 15 is 0 Å². The summed E-state index contributed by atoms with van der Waals surface area (Å²) in [7, 11) is 0. The SMILES string of the molecule is C/C(=C\CCCCl)[C]1[CH][CH][CH][CH]1.[CH]1[CH][CH][CH][CH]1.[Fe+2]. The van der Waals surface area contributed by atoms with E-state index in [1.807, 2.05) is 32.1 Å². The van der Waals surface area contributed by atoms with Gasteiger partial charge < -0.3 is 0 Å². The van der Waals surface area contributed by atoms with Crippen LogP contribution in [0.3, 0.4) is 0 Å². The maximum Gasteiger partial charge on any atom is 2.00 e. The van der Waals surface area contributed by atoms with Gasteiger partial charge in [-0.05, 0) is 77.6 Å². The van der Waals surface area contributed by atoms with Gasteiger partial charge in [-0.25, -0.2) is 0 Å². The fourth-order valence-electron chi connectivity index (χ4n) is 1.47. The molecule has 0 bridgehead atoms. The van der Waals surface area contributed by atoms with E-state index in [-0.39, 0.29) is 17.1 Å². The van der Waals surface area contributed by atoms with Crippen molar-refractivity contribution in [2.45, 2.75) is 19.8 Å².